The van der Waals surface area contributed by atoms with Crippen LogP contribution in [0.3, 0.4) is 0 Å². The van der Waals surface area contributed by atoms with Crippen LogP contribution in [0.4, 0.5) is 19.8 Å². The highest BCUT2D eigenvalue weighted by atomic mass is 28.4. The van der Waals surface area contributed by atoms with E-state index >= 15 is 4.39 Å². The fraction of sp³-hybridized carbons (Fsp3) is 0.621. The molecule has 0 saturated carbocycles. The fourth-order valence-corrected chi connectivity index (χ4v) is 5.68. The van der Waals surface area contributed by atoms with Gasteiger partial charge in [0.25, 0.3) is 0 Å². The molecule has 224 valence electrons. The average molecular weight is 595 g/mol. The maximum absolute atomic E-state index is 15.1. The number of anilines is 1. The quantitative estimate of drug-likeness (QED) is 0.320. The van der Waals surface area contributed by atoms with Gasteiger partial charge in [0.1, 0.15) is 17.2 Å². The van der Waals surface area contributed by atoms with Crippen molar-refractivity contribution in [1.29, 1.82) is 0 Å². The summed E-state index contributed by atoms with van der Waals surface area (Å²) in [4.78, 5) is 29.4. The number of nitrogens with zero attached hydrogens (tertiary/aromatic N) is 2. The third-order valence-corrected chi connectivity index (χ3v) is 16.8. The molecule has 0 fully saturated rings. The number of rotatable bonds is 7. The van der Waals surface area contributed by atoms with Gasteiger partial charge in [0, 0.05) is 11.6 Å². The number of imide groups is 1. The number of fused-ring (bicyclic) bond motifs is 1. The van der Waals surface area contributed by atoms with Crippen LogP contribution in [0.25, 0.3) is 10.8 Å². The largest absolute Gasteiger partial charge is 0.464 e. The van der Waals surface area contributed by atoms with Gasteiger partial charge in [-0.05, 0) is 86.2 Å². The van der Waals surface area contributed by atoms with Gasteiger partial charge in [0.15, 0.2) is 16.6 Å². The molecular weight excluding hydrogens is 547 g/mol. The minimum Gasteiger partial charge on any atom is -0.464 e. The van der Waals surface area contributed by atoms with Crippen molar-refractivity contribution in [3.05, 3.63) is 35.8 Å². The number of benzene rings is 1. The molecule has 1 atom stereocenters. The Hall–Kier alpha value is -2.35. The van der Waals surface area contributed by atoms with E-state index in [0.717, 1.165) is 0 Å². The molecule has 2 amide bonds. The molecule has 2 rings (SSSR count). The molecule has 1 N–H and O–H groups in total. The number of ether oxygens (including phenoxy) is 1. The molecule has 2 aromatic rings. The molecule has 1 heterocycles. The minimum atomic E-state index is -2.33. The summed E-state index contributed by atoms with van der Waals surface area (Å²) in [6.07, 6.45) is -1.78. The summed E-state index contributed by atoms with van der Waals surface area (Å²) in [7, 11) is -4.50. The monoisotopic (exact) mass is 594 g/mol. The molecule has 8 nitrogen and oxygen atoms in total. The lowest BCUT2D eigenvalue weighted by Gasteiger charge is -2.42. The molecule has 0 bridgehead atoms. The predicted octanol–water partition coefficient (Wildman–Crippen LogP) is 8.88. The van der Waals surface area contributed by atoms with E-state index in [1.807, 2.05) is 0 Å². The van der Waals surface area contributed by atoms with Gasteiger partial charge in [-0.1, -0.05) is 41.5 Å². The molecule has 0 saturated heterocycles. The number of pyridine rings is 1. The van der Waals surface area contributed by atoms with Crippen molar-refractivity contribution in [3.8, 4) is 0 Å². The van der Waals surface area contributed by atoms with E-state index in [1.165, 1.54) is 24.4 Å². The maximum atomic E-state index is 15.1. The molecule has 0 aliphatic carbocycles. The molecule has 40 heavy (non-hydrogen) atoms. The zero-order valence-corrected chi connectivity index (χ0v) is 28.4. The summed E-state index contributed by atoms with van der Waals surface area (Å²) in [6, 6.07) is 4.09. The van der Waals surface area contributed by atoms with Gasteiger partial charge in [0.2, 0.25) is 0 Å². The van der Waals surface area contributed by atoms with Crippen molar-refractivity contribution in [2.24, 2.45) is 0 Å². The highest BCUT2D eigenvalue weighted by Gasteiger charge is 2.42. The number of carboxylic acid groups (broad SMARTS) is 1. The Morgan fingerprint density at radius 2 is 1.50 bits per heavy atom. The number of aromatic nitrogens is 1. The van der Waals surface area contributed by atoms with Crippen LogP contribution in [0.1, 0.15) is 74.0 Å². The van der Waals surface area contributed by atoms with Crippen LogP contribution < -0.4 is 4.90 Å². The van der Waals surface area contributed by atoms with Crippen molar-refractivity contribution in [1.82, 2.24) is 4.98 Å². The van der Waals surface area contributed by atoms with E-state index in [-0.39, 0.29) is 22.5 Å². The van der Waals surface area contributed by atoms with Crippen LogP contribution in [0.15, 0.2) is 24.4 Å². The van der Waals surface area contributed by atoms with Crippen molar-refractivity contribution in [2.45, 2.75) is 110 Å². The Bertz CT molecular complexity index is 1250. The second-order valence-electron chi connectivity index (χ2n) is 14.3. The van der Waals surface area contributed by atoms with Crippen LogP contribution in [0.2, 0.25) is 36.3 Å². The van der Waals surface area contributed by atoms with Crippen molar-refractivity contribution < 1.29 is 32.7 Å². The van der Waals surface area contributed by atoms with E-state index < -0.39 is 46.3 Å². The minimum absolute atomic E-state index is 0.0308. The van der Waals surface area contributed by atoms with Crippen molar-refractivity contribution in [2.75, 3.05) is 11.5 Å². The van der Waals surface area contributed by atoms with E-state index in [4.69, 9.17) is 13.6 Å². The maximum Gasteiger partial charge on any atom is 0.425 e. The summed E-state index contributed by atoms with van der Waals surface area (Å²) in [5.41, 5.74) is -0.351. The van der Waals surface area contributed by atoms with E-state index in [0.29, 0.717) is 21.2 Å². The number of carbonyl (C=O) groups is 2. The zero-order valence-electron chi connectivity index (χ0n) is 26.4. The Morgan fingerprint density at radius 1 is 0.950 bits per heavy atom. The van der Waals surface area contributed by atoms with Crippen molar-refractivity contribution >= 4 is 45.4 Å². The molecule has 0 aliphatic rings. The molecular formula is C29H47FN2O6Si2. The highest BCUT2D eigenvalue weighted by molar-refractivity contribution is 6.74. The van der Waals surface area contributed by atoms with Crippen LogP contribution >= 0.6 is 0 Å². The number of hydrogen-bond acceptors (Lipinski definition) is 6. The first kappa shape index (κ1) is 33.9. The molecule has 0 aliphatic heterocycles. The first-order chi connectivity index (χ1) is 17.9. The Balaban J connectivity index is 2.67. The SMILES string of the molecule is CC(C)(C)OC(=O)N(C(=O)O)c1cc2cc(F)cc(C(CO[Si](C)(C)C(C)(C)C)O[Si](C)(C)C(C)(C)C)c2cn1. The van der Waals surface area contributed by atoms with Gasteiger partial charge < -0.3 is 18.7 Å². The van der Waals surface area contributed by atoms with Gasteiger partial charge in [-0.2, -0.15) is 4.90 Å². The zero-order chi connectivity index (χ0) is 31.1. The van der Waals surface area contributed by atoms with Crippen LogP contribution in [-0.4, -0.2) is 51.1 Å². The van der Waals surface area contributed by atoms with Gasteiger partial charge in [0.05, 0.1) is 12.7 Å². The average Bonchev–Trinajstić information content (AvgIpc) is 2.72. The second-order valence-corrected chi connectivity index (χ2v) is 23.9. The van der Waals surface area contributed by atoms with Crippen LogP contribution in [0.5, 0.6) is 0 Å². The first-order valence-electron chi connectivity index (χ1n) is 13.5. The van der Waals surface area contributed by atoms with Gasteiger partial charge in [-0.3, -0.25) is 0 Å². The third kappa shape index (κ3) is 8.11. The van der Waals surface area contributed by atoms with Crippen LogP contribution in [-0.2, 0) is 13.6 Å². The lowest BCUT2D eigenvalue weighted by Crippen LogP contribution is -2.45. The first-order valence-corrected chi connectivity index (χ1v) is 19.3. The van der Waals surface area contributed by atoms with Gasteiger partial charge in [-0.15, -0.1) is 0 Å². The van der Waals surface area contributed by atoms with Gasteiger partial charge >= 0.3 is 12.2 Å². The Morgan fingerprint density at radius 3 is 1.98 bits per heavy atom. The Kier molecular flexibility index (Phi) is 9.73. The molecule has 1 unspecified atom stereocenters. The number of amides is 2. The standard InChI is InChI=1S/C29H47FN2O6Si2/c1-27(2,3)37-26(35)32(25(33)34)24-15-19-14-20(30)16-21(22(19)17-31-24)23(38-40(12,13)29(7,8)9)18-36-39(10,11)28(4,5)6/h14-17,23H,18H2,1-13H3,(H,33,34). The summed E-state index contributed by atoms with van der Waals surface area (Å²) < 4.78 is 33.8. The van der Waals surface area contributed by atoms with Gasteiger partial charge in [-0.25, -0.2) is 19.0 Å². The van der Waals surface area contributed by atoms with E-state index in [1.54, 1.807) is 20.8 Å². The normalized spacial score (nSPS) is 14.2. The topological polar surface area (TPSA) is 98.2 Å². The van der Waals surface area contributed by atoms with E-state index in [9.17, 15) is 14.7 Å². The smallest absolute Gasteiger partial charge is 0.425 e. The summed E-state index contributed by atoms with van der Waals surface area (Å²) in [5.74, 6) is -0.708. The lowest BCUT2D eigenvalue weighted by molar-refractivity contribution is 0.0581. The van der Waals surface area contributed by atoms with Crippen molar-refractivity contribution in [3.63, 3.8) is 0 Å². The predicted molar refractivity (Wildman–Crippen MR) is 163 cm³/mol. The summed E-state index contributed by atoms with van der Waals surface area (Å²) >= 11 is 0. The summed E-state index contributed by atoms with van der Waals surface area (Å²) in [5, 5.41) is 10.6. The second kappa shape index (κ2) is 11.5. The lowest BCUT2D eigenvalue weighted by atomic mass is 10.0. The molecule has 1 aromatic heterocycles. The molecule has 0 spiro atoms. The fourth-order valence-electron chi connectivity index (χ4n) is 3.42. The van der Waals surface area contributed by atoms with Crippen LogP contribution in [0, 0.1) is 5.82 Å². The molecule has 1 aromatic carbocycles. The molecule has 11 heteroatoms. The highest BCUT2D eigenvalue weighted by Crippen LogP contribution is 2.43. The van der Waals surface area contributed by atoms with E-state index in [2.05, 4.69) is 72.7 Å². The Labute approximate surface area is 240 Å². The third-order valence-electron chi connectivity index (χ3n) is 7.81. The number of carbonyl (C=O) groups excluding carboxylic acids is 1. The summed E-state index contributed by atoms with van der Waals surface area (Å²) in [6.45, 7) is 26.6. The number of halogens is 1. The molecule has 0 radical (unpaired) electrons. The number of hydrogen-bond donors (Lipinski definition) is 1.